The highest BCUT2D eigenvalue weighted by molar-refractivity contribution is 6.02. The topological polar surface area (TPSA) is 51.2 Å². The first-order valence-corrected chi connectivity index (χ1v) is 6.28. The van der Waals surface area contributed by atoms with Gasteiger partial charge in [-0.1, -0.05) is 0 Å². The molecule has 0 aromatic heterocycles. The van der Waals surface area contributed by atoms with Gasteiger partial charge in [0.2, 0.25) is 5.91 Å². The van der Waals surface area contributed by atoms with E-state index in [-0.39, 0.29) is 5.91 Å². The van der Waals surface area contributed by atoms with Crippen LogP contribution in [-0.2, 0) is 20.7 Å². The molecule has 0 fully saturated rings. The summed E-state index contributed by atoms with van der Waals surface area (Å²) in [5, 5.41) is 0. The zero-order chi connectivity index (χ0) is 14.9. The number of benzene rings is 1. The maximum atomic E-state index is 12.4. The van der Waals surface area contributed by atoms with Crippen molar-refractivity contribution in [3.8, 4) is 5.75 Å². The second kappa shape index (κ2) is 5.40. The van der Waals surface area contributed by atoms with Crippen LogP contribution in [0.15, 0.2) is 18.2 Å². The zero-order valence-corrected chi connectivity index (χ0v) is 12.5. The normalized spacial score (nSPS) is 14.9. The monoisotopic (exact) mass is 280 g/mol. The van der Waals surface area contributed by atoms with Crippen molar-refractivity contribution in [2.24, 2.45) is 0 Å². The number of carbonyl (C=O) groups is 1. The van der Waals surface area contributed by atoms with Crippen LogP contribution in [0.1, 0.15) is 5.56 Å². The molecule has 1 amide bonds. The second-order valence-electron chi connectivity index (χ2n) is 4.75. The van der Waals surface area contributed by atoms with Crippen molar-refractivity contribution in [1.29, 1.82) is 0 Å². The van der Waals surface area contributed by atoms with Gasteiger partial charge in [-0.25, -0.2) is 9.80 Å². The van der Waals surface area contributed by atoms with Gasteiger partial charge in [-0.2, -0.15) is 0 Å². The summed E-state index contributed by atoms with van der Waals surface area (Å²) in [5.41, 5.74) is 1.67. The highest BCUT2D eigenvalue weighted by atomic mass is 16.7. The van der Waals surface area contributed by atoms with E-state index < -0.39 is 6.03 Å². The van der Waals surface area contributed by atoms with Gasteiger partial charge < -0.3 is 14.2 Å². The lowest BCUT2D eigenvalue weighted by Crippen LogP contribution is -2.62. The quantitative estimate of drug-likeness (QED) is 0.755. The third-order valence-electron chi connectivity index (χ3n) is 3.50. The highest BCUT2D eigenvalue weighted by Gasteiger charge is 2.47. The van der Waals surface area contributed by atoms with E-state index in [9.17, 15) is 4.79 Å². The SMILES string of the molecule is COc1ccc2c(c1)CC(=O)N2C(OC)(OC)N(C)C. The van der Waals surface area contributed by atoms with Crippen LogP contribution in [-0.4, -0.2) is 52.3 Å². The Morgan fingerprint density at radius 1 is 1.20 bits per heavy atom. The van der Waals surface area contributed by atoms with Crippen LogP contribution in [0.25, 0.3) is 0 Å². The summed E-state index contributed by atoms with van der Waals surface area (Å²) in [6, 6.07) is 4.27. The maximum absolute atomic E-state index is 12.4. The molecule has 0 saturated carbocycles. The number of carbonyl (C=O) groups excluding carboxylic acids is 1. The summed E-state index contributed by atoms with van der Waals surface area (Å²) in [6.07, 6.45) is 0.300. The van der Waals surface area contributed by atoms with Crippen molar-refractivity contribution in [1.82, 2.24) is 4.90 Å². The molecule has 1 heterocycles. The number of fused-ring (bicyclic) bond motifs is 1. The van der Waals surface area contributed by atoms with Crippen molar-refractivity contribution in [2.75, 3.05) is 40.3 Å². The van der Waals surface area contributed by atoms with Crippen LogP contribution in [0.5, 0.6) is 5.75 Å². The molecule has 1 aliphatic rings. The van der Waals surface area contributed by atoms with E-state index in [4.69, 9.17) is 14.2 Å². The van der Waals surface area contributed by atoms with E-state index in [0.29, 0.717) is 6.42 Å². The van der Waals surface area contributed by atoms with Gasteiger partial charge in [0, 0.05) is 14.2 Å². The number of anilines is 1. The van der Waals surface area contributed by atoms with Gasteiger partial charge in [-0.05, 0) is 37.9 Å². The Kier molecular flexibility index (Phi) is 3.99. The summed E-state index contributed by atoms with van der Waals surface area (Å²) in [6.45, 7) is 0. The van der Waals surface area contributed by atoms with Gasteiger partial charge >= 0.3 is 6.03 Å². The molecule has 20 heavy (non-hydrogen) atoms. The first-order chi connectivity index (χ1) is 9.50. The van der Waals surface area contributed by atoms with Crippen molar-refractivity contribution in [3.63, 3.8) is 0 Å². The summed E-state index contributed by atoms with van der Waals surface area (Å²) < 4.78 is 16.2. The maximum Gasteiger partial charge on any atom is 0.325 e. The van der Waals surface area contributed by atoms with Gasteiger partial charge in [0.1, 0.15) is 5.75 Å². The molecule has 1 aliphatic heterocycles. The Morgan fingerprint density at radius 2 is 1.85 bits per heavy atom. The lowest BCUT2D eigenvalue weighted by Gasteiger charge is -2.42. The minimum atomic E-state index is -1.25. The molecule has 0 spiro atoms. The molecule has 6 heteroatoms. The van der Waals surface area contributed by atoms with Crippen molar-refractivity contribution >= 4 is 11.6 Å². The number of hydrogen-bond acceptors (Lipinski definition) is 5. The molecule has 110 valence electrons. The average Bonchev–Trinajstić information content (AvgIpc) is 2.76. The molecule has 2 rings (SSSR count). The molecule has 6 nitrogen and oxygen atoms in total. The predicted octanol–water partition coefficient (Wildman–Crippen LogP) is 1.05. The molecule has 0 radical (unpaired) electrons. The van der Waals surface area contributed by atoms with E-state index in [0.717, 1.165) is 17.0 Å². The summed E-state index contributed by atoms with van der Waals surface area (Å²) in [5.74, 6) is 0.648. The molecule has 0 saturated heterocycles. The fourth-order valence-corrected chi connectivity index (χ4v) is 2.57. The number of nitrogens with zero attached hydrogens (tertiary/aromatic N) is 2. The number of ether oxygens (including phenoxy) is 3. The Bertz CT molecular complexity index is 512. The van der Waals surface area contributed by atoms with Gasteiger partial charge in [0.15, 0.2) is 0 Å². The van der Waals surface area contributed by atoms with Gasteiger partial charge in [-0.15, -0.1) is 0 Å². The third kappa shape index (κ3) is 2.06. The molecule has 0 aliphatic carbocycles. The lowest BCUT2D eigenvalue weighted by molar-refractivity contribution is -0.279. The van der Waals surface area contributed by atoms with Crippen LogP contribution in [0.4, 0.5) is 5.69 Å². The Hall–Kier alpha value is -1.63. The lowest BCUT2D eigenvalue weighted by atomic mass is 10.1. The number of methoxy groups -OCH3 is 3. The van der Waals surface area contributed by atoms with E-state index in [1.807, 2.05) is 18.2 Å². The fraction of sp³-hybridized carbons (Fsp3) is 0.500. The third-order valence-corrected chi connectivity index (χ3v) is 3.50. The second-order valence-corrected chi connectivity index (χ2v) is 4.75. The van der Waals surface area contributed by atoms with E-state index in [1.54, 1.807) is 26.1 Å². The summed E-state index contributed by atoms with van der Waals surface area (Å²) in [7, 11) is 8.21. The number of amides is 1. The molecule has 1 aromatic carbocycles. The molecule has 0 N–H and O–H groups in total. The number of rotatable bonds is 5. The summed E-state index contributed by atoms with van der Waals surface area (Å²) >= 11 is 0. The first kappa shape index (κ1) is 14.8. The molecule has 0 unspecified atom stereocenters. The smallest absolute Gasteiger partial charge is 0.325 e. The van der Waals surface area contributed by atoms with E-state index in [1.165, 1.54) is 19.1 Å². The van der Waals surface area contributed by atoms with Crippen LogP contribution in [0.3, 0.4) is 0 Å². The zero-order valence-electron chi connectivity index (χ0n) is 12.5. The molecule has 0 atom stereocenters. The molecule has 0 bridgehead atoms. The standard InChI is InChI=1S/C14H20N2O4/c1-15(2)14(19-4,20-5)16-12-7-6-11(18-3)8-10(12)9-13(16)17/h6-8H,9H2,1-5H3. The van der Waals surface area contributed by atoms with Crippen molar-refractivity contribution in [3.05, 3.63) is 23.8 Å². The van der Waals surface area contributed by atoms with E-state index >= 15 is 0 Å². The Labute approximate surface area is 118 Å². The minimum Gasteiger partial charge on any atom is -0.497 e. The molecular formula is C14H20N2O4. The van der Waals surface area contributed by atoms with Crippen molar-refractivity contribution in [2.45, 2.75) is 12.5 Å². The van der Waals surface area contributed by atoms with Crippen LogP contribution in [0.2, 0.25) is 0 Å². The fourth-order valence-electron chi connectivity index (χ4n) is 2.57. The Morgan fingerprint density at radius 3 is 2.35 bits per heavy atom. The van der Waals surface area contributed by atoms with Crippen LogP contribution in [0, 0.1) is 0 Å². The van der Waals surface area contributed by atoms with Gasteiger partial charge in [0.05, 0.1) is 19.2 Å². The van der Waals surface area contributed by atoms with Crippen LogP contribution >= 0.6 is 0 Å². The van der Waals surface area contributed by atoms with E-state index in [2.05, 4.69) is 0 Å². The summed E-state index contributed by atoms with van der Waals surface area (Å²) in [4.78, 5) is 15.6. The Balaban J connectivity index is 2.51. The number of hydrogen-bond donors (Lipinski definition) is 0. The molecule has 1 aromatic rings. The first-order valence-electron chi connectivity index (χ1n) is 6.28. The average molecular weight is 280 g/mol. The molecular weight excluding hydrogens is 260 g/mol. The minimum absolute atomic E-state index is 0.0781. The van der Waals surface area contributed by atoms with Gasteiger partial charge in [0.25, 0.3) is 0 Å². The largest absolute Gasteiger partial charge is 0.497 e. The van der Waals surface area contributed by atoms with Gasteiger partial charge in [-0.3, -0.25) is 4.79 Å². The van der Waals surface area contributed by atoms with Crippen molar-refractivity contribution < 1.29 is 19.0 Å². The highest BCUT2D eigenvalue weighted by Crippen LogP contribution is 2.38. The predicted molar refractivity (Wildman–Crippen MR) is 74.6 cm³/mol. The van der Waals surface area contributed by atoms with Crippen LogP contribution < -0.4 is 9.64 Å².